The summed E-state index contributed by atoms with van der Waals surface area (Å²) in [6.45, 7) is -0.615. The normalized spacial score (nSPS) is 29.7. The largest absolute Gasteiger partial charge is 0.470 e. The average Bonchev–Trinajstić information content (AvgIpc) is 2.65. The Morgan fingerprint density at radius 1 is 1.52 bits per heavy atom. The molecular formula is C9H13N2O8PS. The van der Waals surface area contributed by atoms with Gasteiger partial charge in [0.2, 0.25) is 0 Å². The Kier molecular flexibility index (Phi) is 4.76. The van der Waals surface area contributed by atoms with Crippen molar-refractivity contribution in [2.24, 2.45) is 0 Å². The van der Waals surface area contributed by atoms with Gasteiger partial charge in [0, 0.05) is 6.20 Å². The van der Waals surface area contributed by atoms with Gasteiger partial charge in [-0.1, -0.05) is 12.2 Å². The van der Waals surface area contributed by atoms with Crippen LogP contribution in [-0.2, 0) is 13.8 Å². The molecule has 118 valence electrons. The van der Waals surface area contributed by atoms with Crippen LogP contribution in [0.3, 0.4) is 0 Å². The molecule has 0 amide bonds. The van der Waals surface area contributed by atoms with Crippen LogP contribution in [0, 0.1) is 4.64 Å². The highest BCUT2D eigenvalue weighted by Gasteiger charge is 2.48. The molecule has 5 N–H and O–H groups in total. The van der Waals surface area contributed by atoms with E-state index in [2.05, 4.69) is 9.51 Å². The van der Waals surface area contributed by atoms with Gasteiger partial charge in [0.05, 0.1) is 6.61 Å². The molecule has 10 nitrogen and oxygen atoms in total. The van der Waals surface area contributed by atoms with E-state index < -0.39 is 44.7 Å². The fourth-order valence-electron chi connectivity index (χ4n) is 1.99. The van der Waals surface area contributed by atoms with E-state index in [-0.39, 0.29) is 4.64 Å². The third-order valence-corrected chi connectivity index (χ3v) is 3.63. The number of aromatic amines is 1. The van der Waals surface area contributed by atoms with E-state index >= 15 is 0 Å². The standard InChI is InChI=1S/C9H13N2O8PS/c12-3-4-6(13)7(19-20(15,16)17)8(18-4)11-2-1-5(21)10-9(11)14/h1-2,4,6-8,12-13H,3H2,(H,10,14,21)(H2,15,16,17)/t4-,6-,7-,8-/m1/s1. The van der Waals surface area contributed by atoms with E-state index in [0.29, 0.717) is 0 Å². The van der Waals surface area contributed by atoms with Gasteiger partial charge in [-0.25, -0.2) is 9.36 Å². The molecule has 1 aliphatic rings. The first-order valence-electron chi connectivity index (χ1n) is 5.73. The molecule has 2 heterocycles. The van der Waals surface area contributed by atoms with Gasteiger partial charge in [-0.3, -0.25) is 14.1 Å². The van der Waals surface area contributed by atoms with Gasteiger partial charge in [-0.2, -0.15) is 0 Å². The van der Waals surface area contributed by atoms with Crippen molar-refractivity contribution in [1.82, 2.24) is 9.55 Å². The van der Waals surface area contributed by atoms with Crippen LogP contribution in [0.15, 0.2) is 17.1 Å². The molecule has 1 aromatic heterocycles. The zero-order chi connectivity index (χ0) is 15.8. The number of hydrogen-bond donors (Lipinski definition) is 5. The Morgan fingerprint density at radius 2 is 2.19 bits per heavy atom. The summed E-state index contributed by atoms with van der Waals surface area (Å²) < 4.78 is 21.8. The first kappa shape index (κ1) is 16.5. The maximum absolute atomic E-state index is 11.8. The van der Waals surface area contributed by atoms with Crippen LogP contribution in [0.5, 0.6) is 0 Å². The minimum atomic E-state index is -4.94. The Hall–Kier alpha value is -0.910. The summed E-state index contributed by atoms with van der Waals surface area (Å²) in [6.07, 6.45) is -4.31. The van der Waals surface area contributed by atoms with E-state index in [1.807, 2.05) is 0 Å². The molecule has 0 aliphatic carbocycles. The number of aliphatic hydroxyl groups excluding tert-OH is 2. The lowest BCUT2D eigenvalue weighted by atomic mass is 10.1. The predicted molar refractivity (Wildman–Crippen MR) is 69.8 cm³/mol. The summed E-state index contributed by atoms with van der Waals surface area (Å²) in [7, 11) is -4.94. The molecule has 12 heteroatoms. The molecule has 1 aliphatic heterocycles. The lowest BCUT2D eigenvalue weighted by Crippen LogP contribution is -2.37. The molecule has 0 bridgehead atoms. The molecule has 4 atom stereocenters. The van der Waals surface area contributed by atoms with Crippen LogP contribution in [0.1, 0.15) is 6.23 Å². The van der Waals surface area contributed by atoms with Crippen molar-refractivity contribution in [3.05, 3.63) is 27.4 Å². The van der Waals surface area contributed by atoms with Crippen LogP contribution in [0.4, 0.5) is 0 Å². The van der Waals surface area contributed by atoms with Crippen LogP contribution >= 0.6 is 20.0 Å². The van der Waals surface area contributed by atoms with Crippen molar-refractivity contribution in [1.29, 1.82) is 0 Å². The van der Waals surface area contributed by atoms with E-state index in [9.17, 15) is 14.5 Å². The second-order valence-electron chi connectivity index (χ2n) is 4.32. The van der Waals surface area contributed by atoms with E-state index in [1.165, 1.54) is 12.3 Å². The van der Waals surface area contributed by atoms with Gasteiger partial charge in [-0.05, 0) is 6.07 Å². The fourth-order valence-corrected chi connectivity index (χ4v) is 2.69. The van der Waals surface area contributed by atoms with Crippen LogP contribution < -0.4 is 5.69 Å². The molecular weight excluding hydrogens is 327 g/mol. The van der Waals surface area contributed by atoms with Gasteiger partial charge in [0.1, 0.15) is 23.0 Å². The second-order valence-corrected chi connectivity index (χ2v) is 5.95. The van der Waals surface area contributed by atoms with E-state index in [4.69, 9.17) is 31.8 Å². The number of aromatic nitrogens is 2. The molecule has 1 aromatic rings. The first-order valence-corrected chi connectivity index (χ1v) is 7.66. The van der Waals surface area contributed by atoms with E-state index in [0.717, 1.165) is 4.57 Å². The number of phosphoric ester groups is 1. The summed E-state index contributed by atoms with van der Waals surface area (Å²) in [5, 5.41) is 19.0. The monoisotopic (exact) mass is 340 g/mol. The molecule has 0 aromatic carbocycles. The molecule has 21 heavy (non-hydrogen) atoms. The van der Waals surface area contributed by atoms with Crippen molar-refractivity contribution in [3.63, 3.8) is 0 Å². The van der Waals surface area contributed by atoms with Crippen LogP contribution in [0.25, 0.3) is 0 Å². The first-order chi connectivity index (χ1) is 9.73. The summed E-state index contributed by atoms with van der Waals surface area (Å²) in [5.74, 6) is 0. The van der Waals surface area contributed by atoms with Crippen molar-refractivity contribution in [2.45, 2.75) is 24.5 Å². The zero-order valence-corrected chi connectivity index (χ0v) is 12.1. The Bertz CT molecular complexity index is 668. The third-order valence-electron chi connectivity index (χ3n) is 2.88. The Morgan fingerprint density at radius 3 is 2.71 bits per heavy atom. The smallest absolute Gasteiger partial charge is 0.394 e. The predicted octanol–water partition coefficient (Wildman–Crippen LogP) is -1.37. The number of nitrogens with one attached hydrogen (secondary N) is 1. The lowest BCUT2D eigenvalue weighted by Gasteiger charge is -2.22. The highest BCUT2D eigenvalue weighted by molar-refractivity contribution is 7.71. The average molecular weight is 340 g/mol. The minimum absolute atomic E-state index is 0.154. The maximum atomic E-state index is 11.8. The molecule has 2 rings (SSSR count). The van der Waals surface area contributed by atoms with Crippen molar-refractivity contribution >= 4 is 20.0 Å². The molecule has 0 unspecified atom stereocenters. The van der Waals surface area contributed by atoms with Crippen LogP contribution in [-0.4, -0.2) is 54.5 Å². The quantitative estimate of drug-likeness (QED) is 0.330. The van der Waals surface area contributed by atoms with Crippen molar-refractivity contribution in [3.8, 4) is 0 Å². The number of aliphatic hydroxyl groups is 2. The lowest BCUT2D eigenvalue weighted by molar-refractivity contribution is -0.0543. The van der Waals surface area contributed by atoms with Gasteiger partial charge >= 0.3 is 13.5 Å². The van der Waals surface area contributed by atoms with Gasteiger partial charge < -0.3 is 24.7 Å². The maximum Gasteiger partial charge on any atom is 0.470 e. The van der Waals surface area contributed by atoms with Crippen LogP contribution in [0.2, 0.25) is 0 Å². The number of hydrogen-bond acceptors (Lipinski definition) is 7. The SMILES string of the molecule is O=c1[nH]c(=S)ccn1[C@@H]1O[C@H](CO)[C@@H](O)[C@H]1OP(=O)(O)O. The van der Waals surface area contributed by atoms with Gasteiger partial charge in [0.25, 0.3) is 0 Å². The third kappa shape index (κ3) is 3.65. The van der Waals surface area contributed by atoms with Gasteiger partial charge in [0.15, 0.2) is 6.23 Å². The molecule has 0 radical (unpaired) electrons. The van der Waals surface area contributed by atoms with E-state index in [1.54, 1.807) is 0 Å². The highest BCUT2D eigenvalue weighted by Crippen LogP contribution is 2.44. The Labute approximate surface area is 122 Å². The summed E-state index contributed by atoms with van der Waals surface area (Å²) >= 11 is 4.77. The number of H-pyrrole nitrogens is 1. The number of rotatable bonds is 4. The number of phosphoric acid groups is 1. The number of nitrogens with zero attached hydrogens (tertiary/aromatic N) is 1. The van der Waals surface area contributed by atoms with Gasteiger partial charge in [-0.15, -0.1) is 0 Å². The second kappa shape index (κ2) is 6.07. The molecule has 1 fully saturated rings. The topological polar surface area (TPSA) is 154 Å². The zero-order valence-electron chi connectivity index (χ0n) is 10.4. The summed E-state index contributed by atoms with van der Waals surface area (Å²) in [6, 6.07) is 1.35. The minimum Gasteiger partial charge on any atom is -0.394 e. The molecule has 1 saturated heterocycles. The molecule has 0 spiro atoms. The molecule has 0 saturated carbocycles. The Balaban J connectivity index is 2.41. The fraction of sp³-hybridized carbons (Fsp3) is 0.556. The summed E-state index contributed by atoms with van der Waals surface area (Å²) in [5.41, 5.74) is -0.711. The van der Waals surface area contributed by atoms with Crippen molar-refractivity contribution in [2.75, 3.05) is 6.61 Å². The highest BCUT2D eigenvalue weighted by atomic mass is 32.1. The van der Waals surface area contributed by atoms with Crippen molar-refractivity contribution < 1.29 is 33.8 Å². The number of ether oxygens (including phenoxy) is 1. The summed E-state index contributed by atoms with van der Waals surface area (Å²) in [4.78, 5) is 31.9.